The SMILES string of the molecule is Cn1cc(OCCc2cccs2)cn1. The van der Waals surface area contributed by atoms with Gasteiger partial charge in [0.25, 0.3) is 0 Å². The summed E-state index contributed by atoms with van der Waals surface area (Å²) < 4.78 is 7.26. The topological polar surface area (TPSA) is 27.1 Å². The molecule has 3 nitrogen and oxygen atoms in total. The summed E-state index contributed by atoms with van der Waals surface area (Å²) >= 11 is 1.76. The van der Waals surface area contributed by atoms with Gasteiger partial charge in [0.1, 0.15) is 0 Å². The molecule has 4 heteroatoms. The lowest BCUT2D eigenvalue weighted by Crippen LogP contribution is -1.99. The van der Waals surface area contributed by atoms with Gasteiger partial charge in [0.05, 0.1) is 19.0 Å². The number of aryl methyl sites for hydroxylation is 1. The molecule has 0 atom stereocenters. The van der Waals surface area contributed by atoms with Gasteiger partial charge >= 0.3 is 0 Å². The normalized spacial score (nSPS) is 10.4. The predicted molar refractivity (Wildman–Crippen MR) is 56.7 cm³/mol. The van der Waals surface area contributed by atoms with Gasteiger partial charge in [-0.05, 0) is 11.4 Å². The standard InChI is InChI=1S/C10H12N2OS/c1-12-8-9(7-11-12)13-5-4-10-3-2-6-14-10/h2-3,6-8H,4-5H2,1H3. The lowest BCUT2D eigenvalue weighted by molar-refractivity contribution is 0.322. The molecule has 0 unspecified atom stereocenters. The molecule has 0 aliphatic carbocycles. The van der Waals surface area contributed by atoms with Crippen molar-refractivity contribution >= 4 is 11.3 Å². The molecule has 0 radical (unpaired) electrons. The second-order valence-electron chi connectivity index (χ2n) is 3.03. The Hall–Kier alpha value is -1.29. The Morgan fingerprint density at radius 2 is 2.50 bits per heavy atom. The Morgan fingerprint density at radius 3 is 3.14 bits per heavy atom. The van der Waals surface area contributed by atoms with E-state index in [0.29, 0.717) is 6.61 Å². The minimum atomic E-state index is 0.714. The maximum Gasteiger partial charge on any atom is 0.157 e. The van der Waals surface area contributed by atoms with Crippen molar-refractivity contribution in [1.29, 1.82) is 0 Å². The lowest BCUT2D eigenvalue weighted by Gasteiger charge is -2.00. The fourth-order valence-corrected chi connectivity index (χ4v) is 1.89. The van der Waals surface area contributed by atoms with E-state index in [9.17, 15) is 0 Å². The molecule has 0 aromatic carbocycles. The van der Waals surface area contributed by atoms with Gasteiger partial charge in [-0.2, -0.15) is 5.10 Å². The van der Waals surface area contributed by atoms with Crippen molar-refractivity contribution in [3.8, 4) is 5.75 Å². The molecule has 2 aromatic rings. The van der Waals surface area contributed by atoms with E-state index in [4.69, 9.17) is 4.74 Å². The van der Waals surface area contributed by atoms with Crippen LogP contribution in [-0.4, -0.2) is 16.4 Å². The average molecular weight is 208 g/mol. The third-order valence-electron chi connectivity index (χ3n) is 1.88. The fourth-order valence-electron chi connectivity index (χ4n) is 1.20. The Labute approximate surface area is 86.9 Å². The van der Waals surface area contributed by atoms with Crippen molar-refractivity contribution in [3.63, 3.8) is 0 Å². The molecule has 0 aliphatic heterocycles. The first-order valence-electron chi connectivity index (χ1n) is 4.48. The molecule has 2 rings (SSSR count). The fraction of sp³-hybridized carbons (Fsp3) is 0.300. The highest BCUT2D eigenvalue weighted by molar-refractivity contribution is 7.09. The van der Waals surface area contributed by atoms with Crippen molar-refractivity contribution in [3.05, 3.63) is 34.8 Å². The van der Waals surface area contributed by atoms with Crippen LogP contribution in [0.2, 0.25) is 0 Å². The molecule has 0 saturated carbocycles. The second-order valence-corrected chi connectivity index (χ2v) is 4.06. The summed E-state index contributed by atoms with van der Waals surface area (Å²) in [5, 5.41) is 6.11. The van der Waals surface area contributed by atoms with E-state index >= 15 is 0 Å². The monoisotopic (exact) mass is 208 g/mol. The van der Waals surface area contributed by atoms with E-state index in [2.05, 4.69) is 22.6 Å². The number of nitrogens with zero attached hydrogens (tertiary/aromatic N) is 2. The minimum Gasteiger partial charge on any atom is -0.490 e. The number of hydrogen-bond donors (Lipinski definition) is 0. The van der Waals surface area contributed by atoms with Crippen LogP contribution < -0.4 is 4.74 Å². The number of aromatic nitrogens is 2. The van der Waals surface area contributed by atoms with Crippen LogP contribution in [0.25, 0.3) is 0 Å². The van der Waals surface area contributed by atoms with Crippen molar-refractivity contribution in [2.45, 2.75) is 6.42 Å². The van der Waals surface area contributed by atoms with Gasteiger partial charge in [0, 0.05) is 18.3 Å². The quantitative estimate of drug-likeness (QED) is 0.769. The number of hydrogen-bond acceptors (Lipinski definition) is 3. The highest BCUT2D eigenvalue weighted by Gasteiger charge is 1.97. The summed E-state index contributed by atoms with van der Waals surface area (Å²) in [6, 6.07) is 4.18. The zero-order valence-corrected chi connectivity index (χ0v) is 8.83. The number of rotatable bonds is 4. The first-order valence-corrected chi connectivity index (χ1v) is 5.36. The molecule has 0 bridgehead atoms. The van der Waals surface area contributed by atoms with Crippen molar-refractivity contribution in [2.24, 2.45) is 7.05 Å². The number of thiophene rings is 1. The van der Waals surface area contributed by atoms with Crippen molar-refractivity contribution in [2.75, 3.05) is 6.61 Å². The van der Waals surface area contributed by atoms with Gasteiger partial charge in [0.2, 0.25) is 0 Å². The van der Waals surface area contributed by atoms with Crippen LogP contribution in [0.15, 0.2) is 29.9 Å². The van der Waals surface area contributed by atoms with E-state index < -0.39 is 0 Å². The molecule has 0 N–H and O–H groups in total. The Bertz CT molecular complexity index is 380. The molecule has 0 saturated heterocycles. The van der Waals surface area contributed by atoms with E-state index in [1.165, 1.54) is 4.88 Å². The Kier molecular flexibility index (Phi) is 2.84. The molecule has 2 heterocycles. The van der Waals surface area contributed by atoms with Crippen LogP contribution in [0.1, 0.15) is 4.88 Å². The first kappa shape index (κ1) is 9.27. The molecular formula is C10H12N2OS. The molecule has 14 heavy (non-hydrogen) atoms. The van der Waals surface area contributed by atoms with E-state index in [1.807, 2.05) is 13.2 Å². The van der Waals surface area contributed by atoms with Gasteiger partial charge in [-0.25, -0.2) is 0 Å². The summed E-state index contributed by atoms with van der Waals surface area (Å²) in [6.07, 6.45) is 4.56. The lowest BCUT2D eigenvalue weighted by atomic mass is 10.4. The van der Waals surface area contributed by atoms with Crippen LogP contribution in [-0.2, 0) is 13.5 Å². The molecular weight excluding hydrogens is 196 g/mol. The largest absolute Gasteiger partial charge is 0.490 e. The van der Waals surface area contributed by atoms with Crippen LogP contribution >= 0.6 is 11.3 Å². The van der Waals surface area contributed by atoms with Gasteiger partial charge in [-0.3, -0.25) is 4.68 Å². The third-order valence-corrected chi connectivity index (χ3v) is 2.81. The maximum absolute atomic E-state index is 5.52. The first-order chi connectivity index (χ1) is 6.84. The average Bonchev–Trinajstić information content (AvgIpc) is 2.77. The van der Waals surface area contributed by atoms with Gasteiger partial charge in [0.15, 0.2) is 5.75 Å². The van der Waals surface area contributed by atoms with Crippen LogP contribution in [0.5, 0.6) is 5.75 Å². The van der Waals surface area contributed by atoms with Crippen molar-refractivity contribution in [1.82, 2.24) is 9.78 Å². The summed E-state index contributed by atoms with van der Waals surface area (Å²) in [5.41, 5.74) is 0. The zero-order valence-electron chi connectivity index (χ0n) is 8.01. The van der Waals surface area contributed by atoms with E-state index in [0.717, 1.165) is 12.2 Å². The van der Waals surface area contributed by atoms with Crippen LogP contribution in [0.4, 0.5) is 0 Å². The second kappa shape index (κ2) is 4.28. The Morgan fingerprint density at radius 1 is 1.57 bits per heavy atom. The zero-order chi connectivity index (χ0) is 9.80. The highest BCUT2D eigenvalue weighted by atomic mass is 32.1. The van der Waals surface area contributed by atoms with Gasteiger partial charge in [-0.1, -0.05) is 6.07 Å². The summed E-state index contributed by atoms with van der Waals surface area (Å²) in [4.78, 5) is 1.36. The summed E-state index contributed by atoms with van der Waals surface area (Å²) in [5.74, 6) is 0.837. The maximum atomic E-state index is 5.52. The van der Waals surface area contributed by atoms with E-state index in [1.54, 1.807) is 22.2 Å². The molecule has 0 amide bonds. The predicted octanol–water partition coefficient (Wildman–Crippen LogP) is 2.10. The molecule has 0 fully saturated rings. The molecule has 0 aliphatic rings. The van der Waals surface area contributed by atoms with Crippen LogP contribution in [0, 0.1) is 0 Å². The van der Waals surface area contributed by atoms with Crippen LogP contribution in [0.3, 0.4) is 0 Å². The molecule has 74 valence electrons. The Balaban J connectivity index is 1.78. The smallest absolute Gasteiger partial charge is 0.157 e. The summed E-state index contributed by atoms with van der Waals surface area (Å²) in [7, 11) is 1.88. The number of ether oxygens (including phenoxy) is 1. The van der Waals surface area contributed by atoms with Gasteiger partial charge < -0.3 is 4.74 Å². The highest BCUT2D eigenvalue weighted by Crippen LogP contribution is 2.11. The summed E-state index contributed by atoms with van der Waals surface area (Å²) in [6.45, 7) is 0.714. The van der Waals surface area contributed by atoms with E-state index in [-0.39, 0.29) is 0 Å². The van der Waals surface area contributed by atoms with Crippen molar-refractivity contribution < 1.29 is 4.74 Å². The molecule has 2 aromatic heterocycles. The van der Waals surface area contributed by atoms with Gasteiger partial charge in [-0.15, -0.1) is 11.3 Å². The molecule has 0 spiro atoms. The minimum absolute atomic E-state index is 0.714. The third kappa shape index (κ3) is 2.35.